The van der Waals surface area contributed by atoms with Crippen molar-refractivity contribution in [3.8, 4) is 5.75 Å². The number of para-hydroxylation sites is 1. The van der Waals surface area contributed by atoms with Gasteiger partial charge in [0, 0.05) is 45.9 Å². The minimum atomic E-state index is -1.38. The number of nitrogens with zero attached hydrogens (tertiary/aromatic N) is 3. The standard InChI is InChI=1S/C34H49F2N3O7/c1-24(2)19-25-20-38(34(43)26-11-5-6-12-27(26)35)21-31(44-4)33(42)29(40)23-45-17-10-9-15-39(25)32(41)22-37(3)16-18-46-30-14-8-7-13-28(30)36/h5-8,11-14,24-25,29,31,33,40,42H,9-10,15-23H2,1-4H3/t25-,29-,31-,33-/m1/s1. The quantitative estimate of drug-likeness (QED) is 0.404. The number of aliphatic hydroxyl groups is 2. The molecule has 0 aliphatic carbocycles. The number of hydrogen-bond donors (Lipinski definition) is 2. The van der Waals surface area contributed by atoms with Gasteiger partial charge in [-0.15, -0.1) is 0 Å². The number of halogens is 2. The number of ether oxygens (including phenoxy) is 3. The first kappa shape index (κ1) is 37.3. The van der Waals surface area contributed by atoms with Crippen LogP contribution in [0.5, 0.6) is 5.75 Å². The van der Waals surface area contributed by atoms with Gasteiger partial charge in [0.15, 0.2) is 11.6 Å². The van der Waals surface area contributed by atoms with Crippen molar-refractivity contribution in [3.63, 3.8) is 0 Å². The van der Waals surface area contributed by atoms with Gasteiger partial charge in [-0.25, -0.2) is 8.78 Å². The second-order valence-corrected chi connectivity index (χ2v) is 12.2. The predicted molar refractivity (Wildman–Crippen MR) is 170 cm³/mol. The second kappa shape index (κ2) is 18.9. The lowest BCUT2D eigenvalue weighted by Crippen LogP contribution is -2.55. The lowest BCUT2D eigenvalue weighted by molar-refractivity contribution is -0.136. The maximum absolute atomic E-state index is 14.9. The highest BCUT2D eigenvalue weighted by atomic mass is 19.1. The number of hydrogen-bond acceptors (Lipinski definition) is 8. The zero-order valence-corrected chi connectivity index (χ0v) is 27.3. The highest BCUT2D eigenvalue weighted by molar-refractivity contribution is 5.94. The molecule has 1 aliphatic heterocycles. The van der Waals surface area contributed by atoms with Crippen molar-refractivity contribution in [3.05, 3.63) is 65.7 Å². The van der Waals surface area contributed by atoms with E-state index >= 15 is 0 Å². The van der Waals surface area contributed by atoms with Crippen molar-refractivity contribution >= 4 is 11.8 Å². The highest BCUT2D eigenvalue weighted by Crippen LogP contribution is 2.21. The Bertz CT molecular complexity index is 1240. The lowest BCUT2D eigenvalue weighted by Gasteiger charge is -2.39. The van der Waals surface area contributed by atoms with Gasteiger partial charge in [0.25, 0.3) is 5.91 Å². The molecule has 0 bridgehead atoms. The number of benzene rings is 2. The zero-order chi connectivity index (χ0) is 33.6. The maximum Gasteiger partial charge on any atom is 0.256 e. The molecule has 2 aromatic rings. The average Bonchev–Trinajstić information content (AvgIpc) is 3.02. The van der Waals surface area contributed by atoms with Crippen molar-refractivity contribution in [1.82, 2.24) is 14.7 Å². The number of carbonyl (C=O) groups is 2. The Morgan fingerprint density at radius 1 is 1.04 bits per heavy atom. The number of rotatable bonds is 10. The number of aliphatic hydroxyl groups excluding tert-OH is 2. The van der Waals surface area contributed by atoms with Crippen molar-refractivity contribution in [2.24, 2.45) is 5.92 Å². The molecule has 0 spiro atoms. The summed E-state index contributed by atoms with van der Waals surface area (Å²) in [5.74, 6) is -1.65. The summed E-state index contributed by atoms with van der Waals surface area (Å²) >= 11 is 0. The monoisotopic (exact) mass is 649 g/mol. The van der Waals surface area contributed by atoms with E-state index in [9.17, 15) is 28.6 Å². The predicted octanol–water partition coefficient (Wildman–Crippen LogP) is 3.21. The van der Waals surface area contributed by atoms with Gasteiger partial charge in [0.2, 0.25) is 5.91 Å². The number of carbonyl (C=O) groups excluding carboxylic acids is 2. The molecule has 2 amide bonds. The van der Waals surface area contributed by atoms with E-state index in [1.165, 1.54) is 36.3 Å². The van der Waals surface area contributed by atoms with Crippen LogP contribution >= 0.6 is 0 Å². The minimum Gasteiger partial charge on any atom is -0.489 e. The lowest BCUT2D eigenvalue weighted by atomic mass is 9.99. The van der Waals surface area contributed by atoms with E-state index in [1.54, 1.807) is 41.1 Å². The SMILES string of the molecule is CO[C@@H]1CN(C(=O)c2ccccc2F)C[C@@H](CC(C)C)N(C(=O)CN(C)CCOc2ccccc2F)CCCCOC[C@@H](O)[C@H]1O. The van der Waals surface area contributed by atoms with E-state index in [-0.39, 0.29) is 56.0 Å². The van der Waals surface area contributed by atoms with E-state index in [0.717, 1.165) is 0 Å². The van der Waals surface area contributed by atoms with Crippen LogP contribution in [0.3, 0.4) is 0 Å². The summed E-state index contributed by atoms with van der Waals surface area (Å²) < 4.78 is 45.5. The summed E-state index contributed by atoms with van der Waals surface area (Å²) in [6.45, 7) is 5.11. The molecule has 1 fully saturated rings. The molecule has 46 heavy (non-hydrogen) atoms. The smallest absolute Gasteiger partial charge is 0.256 e. The molecule has 3 rings (SSSR count). The Labute approximate surface area is 270 Å². The zero-order valence-electron chi connectivity index (χ0n) is 27.3. The normalized spacial score (nSPS) is 22.1. The number of likely N-dealkylation sites (N-methyl/N-ethyl adjacent to an activating group) is 1. The third-order valence-electron chi connectivity index (χ3n) is 8.00. The van der Waals surface area contributed by atoms with Crippen LogP contribution in [-0.2, 0) is 14.3 Å². The molecule has 256 valence electrons. The van der Waals surface area contributed by atoms with Gasteiger partial charge in [-0.2, -0.15) is 0 Å². The van der Waals surface area contributed by atoms with Crippen LogP contribution in [0.4, 0.5) is 8.78 Å². The first-order valence-electron chi connectivity index (χ1n) is 15.9. The molecule has 1 saturated heterocycles. The molecule has 0 radical (unpaired) electrons. The van der Waals surface area contributed by atoms with Crippen LogP contribution in [0.1, 0.15) is 43.5 Å². The first-order chi connectivity index (χ1) is 22.0. The van der Waals surface area contributed by atoms with Crippen molar-refractivity contribution in [2.45, 2.75) is 57.5 Å². The van der Waals surface area contributed by atoms with Crippen LogP contribution in [0.25, 0.3) is 0 Å². The van der Waals surface area contributed by atoms with Gasteiger partial charge in [0.1, 0.15) is 30.7 Å². The van der Waals surface area contributed by atoms with Gasteiger partial charge in [-0.05, 0) is 56.5 Å². The summed E-state index contributed by atoms with van der Waals surface area (Å²) in [7, 11) is 3.14. The van der Waals surface area contributed by atoms with Crippen molar-refractivity contribution in [1.29, 1.82) is 0 Å². The van der Waals surface area contributed by atoms with Gasteiger partial charge < -0.3 is 34.2 Å². The summed E-state index contributed by atoms with van der Waals surface area (Å²) in [4.78, 5) is 32.8. The molecular weight excluding hydrogens is 600 g/mol. The fraction of sp³-hybridized carbons (Fsp3) is 0.588. The molecule has 12 heteroatoms. The summed E-state index contributed by atoms with van der Waals surface area (Å²) in [6.07, 6.45) is -1.92. The number of amides is 2. The van der Waals surface area contributed by atoms with E-state index in [0.29, 0.717) is 39.0 Å². The van der Waals surface area contributed by atoms with Crippen LogP contribution in [0.2, 0.25) is 0 Å². The maximum atomic E-state index is 14.9. The molecule has 1 heterocycles. The minimum absolute atomic E-state index is 0.0520. The Morgan fingerprint density at radius 2 is 1.74 bits per heavy atom. The fourth-order valence-electron chi connectivity index (χ4n) is 5.51. The summed E-state index contributed by atoms with van der Waals surface area (Å²) in [5, 5.41) is 21.5. The van der Waals surface area contributed by atoms with Crippen LogP contribution in [0, 0.1) is 17.6 Å². The molecule has 2 N–H and O–H groups in total. The van der Waals surface area contributed by atoms with E-state index in [2.05, 4.69) is 0 Å². The van der Waals surface area contributed by atoms with Gasteiger partial charge >= 0.3 is 0 Å². The third-order valence-corrected chi connectivity index (χ3v) is 8.00. The average molecular weight is 650 g/mol. The number of methoxy groups -OCH3 is 1. The Kier molecular flexibility index (Phi) is 15.3. The first-order valence-corrected chi connectivity index (χ1v) is 15.9. The third kappa shape index (κ3) is 11.3. The second-order valence-electron chi connectivity index (χ2n) is 12.2. The topological polar surface area (TPSA) is 112 Å². The van der Waals surface area contributed by atoms with Crippen LogP contribution in [0.15, 0.2) is 48.5 Å². The van der Waals surface area contributed by atoms with Crippen molar-refractivity contribution in [2.75, 3.05) is 66.7 Å². The molecule has 10 nitrogen and oxygen atoms in total. The Morgan fingerprint density at radius 3 is 2.41 bits per heavy atom. The summed E-state index contributed by atoms with van der Waals surface area (Å²) in [6, 6.07) is 11.3. The molecule has 1 aliphatic rings. The van der Waals surface area contributed by atoms with Crippen LogP contribution in [-0.4, -0.2) is 128 Å². The van der Waals surface area contributed by atoms with Gasteiger partial charge in [0.05, 0.1) is 18.7 Å². The van der Waals surface area contributed by atoms with E-state index in [4.69, 9.17) is 14.2 Å². The van der Waals surface area contributed by atoms with E-state index < -0.39 is 41.9 Å². The van der Waals surface area contributed by atoms with Crippen molar-refractivity contribution < 1.29 is 42.8 Å². The fourth-order valence-corrected chi connectivity index (χ4v) is 5.51. The Hall–Kier alpha value is -3.16. The van der Waals surface area contributed by atoms with Crippen LogP contribution < -0.4 is 4.74 Å². The molecule has 0 unspecified atom stereocenters. The van der Waals surface area contributed by atoms with Gasteiger partial charge in [-0.1, -0.05) is 38.1 Å². The molecule has 0 aromatic heterocycles. The molecular formula is C34H49F2N3O7. The largest absolute Gasteiger partial charge is 0.489 e. The Balaban J connectivity index is 1.88. The molecule has 0 saturated carbocycles. The molecule has 2 aromatic carbocycles. The highest BCUT2D eigenvalue weighted by Gasteiger charge is 2.34. The summed E-state index contributed by atoms with van der Waals surface area (Å²) in [5.41, 5.74) is -0.146. The molecule has 4 atom stereocenters. The van der Waals surface area contributed by atoms with Gasteiger partial charge in [-0.3, -0.25) is 14.5 Å². The van der Waals surface area contributed by atoms with E-state index in [1.807, 2.05) is 13.8 Å².